The molecule has 1 aliphatic rings. The Morgan fingerprint density at radius 3 is 2.53 bits per heavy atom. The molecular weight excluding hydrogens is 188 g/mol. The van der Waals surface area contributed by atoms with Crippen molar-refractivity contribution >= 4 is 17.4 Å². The van der Waals surface area contributed by atoms with E-state index < -0.39 is 0 Å². The minimum absolute atomic E-state index is 0.0613. The van der Waals surface area contributed by atoms with Crippen LogP contribution in [-0.4, -0.2) is 5.11 Å². The molecular formula is C12H6N2O. The van der Waals surface area contributed by atoms with Crippen molar-refractivity contribution in [2.24, 2.45) is 0 Å². The lowest BCUT2D eigenvalue weighted by atomic mass is 10.1. The van der Waals surface area contributed by atoms with E-state index in [-0.39, 0.29) is 11.3 Å². The molecule has 0 atom stereocenters. The molecule has 0 unspecified atom stereocenters. The number of nitriles is 2. The van der Waals surface area contributed by atoms with Gasteiger partial charge < -0.3 is 5.11 Å². The molecule has 1 N–H and O–H groups in total. The normalized spacial score (nSPS) is 11.7. The topological polar surface area (TPSA) is 67.8 Å². The summed E-state index contributed by atoms with van der Waals surface area (Å²) in [5.41, 5.74) is 0.724. The third-order valence-corrected chi connectivity index (χ3v) is 2.28. The summed E-state index contributed by atoms with van der Waals surface area (Å²) in [6, 6.07) is 8.85. The van der Waals surface area contributed by atoms with Gasteiger partial charge in [0, 0.05) is 10.8 Å². The third-order valence-electron chi connectivity index (χ3n) is 2.28. The molecule has 2 rings (SSSR count). The maximum absolute atomic E-state index is 9.49. The van der Waals surface area contributed by atoms with Crippen LogP contribution in [-0.2, 0) is 0 Å². The fraction of sp³-hybridized carbons (Fsp3) is 0. The van der Waals surface area contributed by atoms with Crippen molar-refractivity contribution in [3.8, 4) is 12.1 Å². The highest BCUT2D eigenvalue weighted by Gasteiger charge is 2.08. The van der Waals surface area contributed by atoms with E-state index in [1.54, 1.807) is 30.4 Å². The number of hydrogen-bond acceptors (Lipinski definition) is 3. The second kappa shape index (κ2) is 3.32. The van der Waals surface area contributed by atoms with Gasteiger partial charge in [-0.15, -0.1) is 0 Å². The van der Waals surface area contributed by atoms with Crippen molar-refractivity contribution in [2.45, 2.75) is 0 Å². The van der Waals surface area contributed by atoms with E-state index >= 15 is 0 Å². The molecule has 3 heteroatoms. The Morgan fingerprint density at radius 2 is 1.87 bits per heavy atom. The van der Waals surface area contributed by atoms with Crippen molar-refractivity contribution in [1.82, 2.24) is 0 Å². The maximum atomic E-state index is 9.49. The Bertz CT molecular complexity index is 638. The first-order chi connectivity index (χ1) is 7.27. The summed E-state index contributed by atoms with van der Waals surface area (Å²) in [7, 11) is 0. The summed E-state index contributed by atoms with van der Waals surface area (Å²) in [6.45, 7) is 0. The second-order valence-corrected chi connectivity index (χ2v) is 3.08. The van der Waals surface area contributed by atoms with Crippen LogP contribution >= 0.6 is 0 Å². The highest BCUT2D eigenvalue weighted by atomic mass is 16.3. The van der Waals surface area contributed by atoms with Crippen LogP contribution in [0.5, 0.6) is 0 Å². The first-order valence-corrected chi connectivity index (χ1v) is 4.33. The van der Waals surface area contributed by atoms with E-state index in [4.69, 9.17) is 10.5 Å². The molecule has 0 bridgehead atoms. The van der Waals surface area contributed by atoms with Gasteiger partial charge in [0.15, 0.2) is 0 Å². The molecule has 0 fully saturated rings. The summed E-state index contributed by atoms with van der Waals surface area (Å²) >= 11 is 0. The Balaban J connectivity index is 2.95. The second-order valence-electron chi connectivity index (χ2n) is 3.08. The molecule has 1 aromatic carbocycles. The predicted molar refractivity (Wildman–Crippen MR) is 55.4 cm³/mol. The molecule has 15 heavy (non-hydrogen) atoms. The number of fused-ring (bicyclic) bond motifs is 1. The molecule has 0 saturated heterocycles. The van der Waals surface area contributed by atoms with Gasteiger partial charge in [-0.2, -0.15) is 10.5 Å². The zero-order valence-electron chi connectivity index (χ0n) is 7.73. The fourth-order valence-electron chi connectivity index (χ4n) is 1.58. The predicted octanol–water partition coefficient (Wildman–Crippen LogP) is 0.577. The van der Waals surface area contributed by atoms with Crippen molar-refractivity contribution in [1.29, 1.82) is 10.5 Å². The molecule has 0 heterocycles. The quantitative estimate of drug-likeness (QED) is 0.656. The zero-order valence-corrected chi connectivity index (χ0v) is 7.73. The van der Waals surface area contributed by atoms with Gasteiger partial charge in [-0.25, -0.2) is 0 Å². The smallest absolute Gasteiger partial charge is 0.137 e. The molecule has 0 aliphatic heterocycles. The van der Waals surface area contributed by atoms with E-state index in [0.717, 1.165) is 5.22 Å². The van der Waals surface area contributed by atoms with Gasteiger partial charge in [0.05, 0.1) is 0 Å². The SMILES string of the molecule is N#CC(C#N)=c1cccc2c1=CC=C2O. The van der Waals surface area contributed by atoms with Crippen LogP contribution in [0, 0.1) is 22.7 Å². The fourth-order valence-corrected chi connectivity index (χ4v) is 1.58. The minimum atomic E-state index is 0.0613. The van der Waals surface area contributed by atoms with Crippen LogP contribution in [0.15, 0.2) is 24.3 Å². The van der Waals surface area contributed by atoms with Gasteiger partial charge in [0.2, 0.25) is 0 Å². The standard InChI is InChI=1S/C12H6N2O/c13-6-8(7-14)9-2-1-3-11-10(9)4-5-12(11)15/h1-5,15H. The molecule has 0 radical (unpaired) electrons. The maximum Gasteiger partial charge on any atom is 0.137 e. The van der Waals surface area contributed by atoms with Crippen molar-refractivity contribution in [3.63, 3.8) is 0 Å². The number of aliphatic hydroxyl groups excluding tert-OH is 1. The molecule has 1 aliphatic carbocycles. The number of hydrogen-bond donors (Lipinski definition) is 1. The Hall–Kier alpha value is -2.52. The molecule has 0 spiro atoms. The Labute approximate surface area is 86.1 Å². The van der Waals surface area contributed by atoms with Gasteiger partial charge in [0.25, 0.3) is 0 Å². The third kappa shape index (κ3) is 1.27. The summed E-state index contributed by atoms with van der Waals surface area (Å²) in [5.74, 6) is 0.169. The monoisotopic (exact) mass is 194 g/mol. The largest absolute Gasteiger partial charge is 0.507 e. The summed E-state index contributed by atoms with van der Waals surface area (Å²) in [5, 5.41) is 28.3. The van der Waals surface area contributed by atoms with Gasteiger partial charge in [0.1, 0.15) is 23.5 Å². The van der Waals surface area contributed by atoms with Gasteiger partial charge in [-0.05, 0) is 17.4 Å². The van der Waals surface area contributed by atoms with Crippen LogP contribution in [0.3, 0.4) is 0 Å². The number of aliphatic hydroxyl groups is 1. The molecule has 70 valence electrons. The summed E-state index contributed by atoms with van der Waals surface area (Å²) < 4.78 is 0. The number of rotatable bonds is 0. The van der Waals surface area contributed by atoms with Gasteiger partial charge in [-0.1, -0.05) is 18.2 Å². The summed E-state index contributed by atoms with van der Waals surface area (Å²) in [6.07, 6.45) is 3.26. The van der Waals surface area contributed by atoms with E-state index in [1.165, 1.54) is 0 Å². The molecule has 3 nitrogen and oxygen atoms in total. The average Bonchev–Trinajstić information content (AvgIpc) is 2.64. The Kier molecular flexibility index (Phi) is 2.00. The van der Waals surface area contributed by atoms with Crippen LogP contribution in [0.2, 0.25) is 0 Å². The van der Waals surface area contributed by atoms with E-state index in [9.17, 15) is 5.11 Å². The highest BCUT2D eigenvalue weighted by molar-refractivity contribution is 5.78. The van der Waals surface area contributed by atoms with Crippen LogP contribution in [0.25, 0.3) is 17.4 Å². The van der Waals surface area contributed by atoms with Crippen LogP contribution < -0.4 is 10.4 Å². The van der Waals surface area contributed by atoms with Crippen molar-refractivity contribution < 1.29 is 5.11 Å². The lowest BCUT2D eigenvalue weighted by Crippen LogP contribution is -2.28. The average molecular weight is 194 g/mol. The number of nitrogens with zero attached hydrogens (tertiary/aromatic N) is 2. The number of benzene rings is 1. The van der Waals surface area contributed by atoms with E-state index in [0.29, 0.717) is 10.8 Å². The molecule has 1 aromatic rings. The molecule has 0 aromatic heterocycles. The van der Waals surface area contributed by atoms with Crippen LogP contribution in [0.4, 0.5) is 0 Å². The van der Waals surface area contributed by atoms with Gasteiger partial charge >= 0.3 is 0 Å². The first-order valence-electron chi connectivity index (χ1n) is 4.33. The van der Waals surface area contributed by atoms with E-state index in [2.05, 4.69) is 0 Å². The van der Waals surface area contributed by atoms with Crippen molar-refractivity contribution in [2.75, 3.05) is 0 Å². The number of allylic oxidation sites excluding steroid dienone is 1. The molecule has 0 amide bonds. The Morgan fingerprint density at radius 1 is 1.13 bits per heavy atom. The molecule has 0 saturated carbocycles. The van der Waals surface area contributed by atoms with Gasteiger partial charge in [-0.3, -0.25) is 0 Å². The first kappa shape index (κ1) is 9.05. The van der Waals surface area contributed by atoms with Crippen molar-refractivity contribution in [3.05, 3.63) is 40.3 Å². The highest BCUT2D eigenvalue weighted by Crippen LogP contribution is 2.09. The lowest BCUT2D eigenvalue weighted by Gasteiger charge is -1.96. The minimum Gasteiger partial charge on any atom is -0.507 e. The lowest BCUT2D eigenvalue weighted by molar-refractivity contribution is 0.513. The zero-order chi connectivity index (χ0) is 10.8. The van der Waals surface area contributed by atoms with Crippen LogP contribution in [0.1, 0.15) is 5.56 Å². The van der Waals surface area contributed by atoms with E-state index in [1.807, 2.05) is 12.1 Å². The summed E-state index contributed by atoms with van der Waals surface area (Å²) in [4.78, 5) is 0.